The molecule has 1 saturated heterocycles. The van der Waals surface area contributed by atoms with Crippen molar-refractivity contribution in [2.45, 2.75) is 19.3 Å². The predicted molar refractivity (Wildman–Crippen MR) is 73.3 cm³/mol. The van der Waals surface area contributed by atoms with Crippen molar-refractivity contribution >= 4 is 17.5 Å². The highest BCUT2D eigenvalue weighted by molar-refractivity contribution is 5.95. The van der Waals surface area contributed by atoms with Crippen LogP contribution in [0.25, 0.3) is 0 Å². The molecule has 102 valence electrons. The molecule has 0 unspecified atom stereocenters. The summed E-state index contributed by atoms with van der Waals surface area (Å²) in [4.78, 5) is 24.9. The number of nitrogens with two attached hydrogens (primary N) is 2. The van der Waals surface area contributed by atoms with Crippen LogP contribution in [-0.4, -0.2) is 29.8 Å². The molecule has 1 heterocycles. The van der Waals surface area contributed by atoms with Gasteiger partial charge >= 0.3 is 0 Å². The van der Waals surface area contributed by atoms with Gasteiger partial charge in [0.2, 0.25) is 5.91 Å². The third-order valence-electron chi connectivity index (χ3n) is 3.53. The molecule has 4 N–H and O–H groups in total. The molecule has 1 aromatic rings. The Kier molecular flexibility index (Phi) is 4.04. The number of carbonyl (C=O) groups is 2. The van der Waals surface area contributed by atoms with Gasteiger partial charge < -0.3 is 16.4 Å². The number of likely N-dealkylation sites (tertiary alicyclic amines) is 1. The Hall–Kier alpha value is -2.04. The van der Waals surface area contributed by atoms with Crippen molar-refractivity contribution in [2.24, 2.45) is 11.7 Å². The molecular formula is C14H19N3O2. The first-order valence-corrected chi connectivity index (χ1v) is 6.49. The maximum atomic E-state index is 12.3. The van der Waals surface area contributed by atoms with Crippen LogP contribution >= 0.6 is 0 Å². The van der Waals surface area contributed by atoms with Gasteiger partial charge in [-0.15, -0.1) is 0 Å². The van der Waals surface area contributed by atoms with E-state index in [4.69, 9.17) is 11.5 Å². The van der Waals surface area contributed by atoms with Crippen LogP contribution in [0.5, 0.6) is 0 Å². The van der Waals surface area contributed by atoms with E-state index in [-0.39, 0.29) is 11.8 Å². The van der Waals surface area contributed by atoms with E-state index in [0.29, 0.717) is 36.7 Å². The minimum Gasteiger partial charge on any atom is -0.399 e. The van der Waals surface area contributed by atoms with E-state index in [1.807, 2.05) is 4.90 Å². The Bertz CT molecular complexity index is 479. The van der Waals surface area contributed by atoms with E-state index in [2.05, 4.69) is 0 Å². The third-order valence-corrected chi connectivity index (χ3v) is 3.53. The van der Waals surface area contributed by atoms with E-state index in [0.717, 1.165) is 12.8 Å². The summed E-state index contributed by atoms with van der Waals surface area (Å²) in [6.07, 6.45) is 2.08. The molecule has 0 atom stereocenters. The number of benzene rings is 1. The van der Waals surface area contributed by atoms with Crippen LogP contribution < -0.4 is 11.5 Å². The number of carbonyl (C=O) groups excluding carboxylic acids is 2. The maximum absolute atomic E-state index is 12.3. The molecule has 0 spiro atoms. The number of amides is 2. The zero-order chi connectivity index (χ0) is 13.8. The molecule has 5 nitrogen and oxygen atoms in total. The molecule has 19 heavy (non-hydrogen) atoms. The predicted octanol–water partition coefficient (Wildman–Crippen LogP) is 0.996. The minimum atomic E-state index is -0.263. The van der Waals surface area contributed by atoms with E-state index in [1.54, 1.807) is 24.3 Å². The van der Waals surface area contributed by atoms with Gasteiger partial charge in [0.1, 0.15) is 0 Å². The fraction of sp³-hybridized carbons (Fsp3) is 0.429. The quantitative estimate of drug-likeness (QED) is 0.795. The maximum Gasteiger partial charge on any atom is 0.253 e. The molecule has 1 aliphatic heterocycles. The zero-order valence-corrected chi connectivity index (χ0v) is 10.8. The normalized spacial score (nSPS) is 16.3. The number of rotatable bonds is 3. The number of nitrogens with zero attached hydrogens (tertiary/aromatic N) is 1. The first kappa shape index (κ1) is 13.4. The van der Waals surface area contributed by atoms with Crippen molar-refractivity contribution in [1.82, 2.24) is 4.90 Å². The third kappa shape index (κ3) is 3.47. The summed E-state index contributed by atoms with van der Waals surface area (Å²) >= 11 is 0. The monoisotopic (exact) mass is 261 g/mol. The van der Waals surface area contributed by atoms with Crippen LogP contribution in [0.4, 0.5) is 5.69 Å². The van der Waals surface area contributed by atoms with E-state index >= 15 is 0 Å². The number of hydrogen-bond acceptors (Lipinski definition) is 3. The summed E-state index contributed by atoms with van der Waals surface area (Å²) in [6, 6.07) is 7.00. The number of nitrogen functional groups attached to an aromatic ring is 1. The second kappa shape index (κ2) is 5.73. The van der Waals surface area contributed by atoms with Crippen molar-refractivity contribution in [2.75, 3.05) is 18.8 Å². The first-order chi connectivity index (χ1) is 9.06. The molecule has 0 aromatic heterocycles. The lowest BCUT2D eigenvalue weighted by molar-refractivity contribution is -0.119. The molecule has 0 aliphatic carbocycles. The molecule has 1 fully saturated rings. The van der Waals surface area contributed by atoms with Crippen molar-refractivity contribution in [3.05, 3.63) is 29.8 Å². The average Bonchev–Trinajstić information content (AvgIpc) is 2.38. The van der Waals surface area contributed by atoms with Crippen molar-refractivity contribution < 1.29 is 9.59 Å². The Labute approximate surface area is 112 Å². The molecule has 0 bridgehead atoms. The summed E-state index contributed by atoms with van der Waals surface area (Å²) in [7, 11) is 0. The molecule has 2 amide bonds. The van der Waals surface area contributed by atoms with Gasteiger partial charge in [0.05, 0.1) is 0 Å². The fourth-order valence-corrected chi connectivity index (χ4v) is 2.48. The van der Waals surface area contributed by atoms with Gasteiger partial charge in [0.15, 0.2) is 0 Å². The van der Waals surface area contributed by atoms with Crippen LogP contribution in [0.1, 0.15) is 29.6 Å². The highest BCUT2D eigenvalue weighted by Gasteiger charge is 2.24. The lowest BCUT2D eigenvalue weighted by atomic mass is 9.93. The smallest absolute Gasteiger partial charge is 0.253 e. The average molecular weight is 261 g/mol. The lowest BCUT2D eigenvalue weighted by Gasteiger charge is -2.31. The fourth-order valence-electron chi connectivity index (χ4n) is 2.48. The number of hydrogen-bond donors (Lipinski definition) is 2. The molecule has 0 saturated carbocycles. The highest BCUT2D eigenvalue weighted by Crippen LogP contribution is 2.22. The van der Waals surface area contributed by atoms with Gasteiger partial charge in [-0.05, 0) is 37.0 Å². The van der Waals surface area contributed by atoms with Gasteiger partial charge in [-0.25, -0.2) is 0 Å². The Morgan fingerprint density at radius 2 is 1.95 bits per heavy atom. The SMILES string of the molecule is NC(=O)CC1CCN(C(=O)c2cccc(N)c2)CC1. The zero-order valence-electron chi connectivity index (χ0n) is 10.8. The number of primary amides is 1. The van der Waals surface area contributed by atoms with Gasteiger partial charge in [-0.1, -0.05) is 6.07 Å². The standard InChI is InChI=1S/C14H19N3O2/c15-12-3-1-2-11(9-12)14(19)17-6-4-10(5-7-17)8-13(16)18/h1-3,9-10H,4-8,15H2,(H2,16,18). The van der Waals surface area contributed by atoms with Crippen LogP contribution in [0, 0.1) is 5.92 Å². The van der Waals surface area contributed by atoms with Gasteiger partial charge in [0, 0.05) is 30.8 Å². The van der Waals surface area contributed by atoms with Crippen LogP contribution in [0.15, 0.2) is 24.3 Å². The van der Waals surface area contributed by atoms with Crippen LogP contribution in [0.2, 0.25) is 0 Å². The Morgan fingerprint density at radius 1 is 1.26 bits per heavy atom. The van der Waals surface area contributed by atoms with Crippen molar-refractivity contribution in [1.29, 1.82) is 0 Å². The Morgan fingerprint density at radius 3 is 2.53 bits per heavy atom. The van der Waals surface area contributed by atoms with Gasteiger partial charge in [0.25, 0.3) is 5.91 Å². The van der Waals surface area contributed by atoms with E-state index < -0.39 is 0 Å². The summed E-state index contributed by atoms with van der Waals surface area (Å²) in [6.45, 7) is 1.34. The van der Waals surface area contributed by atoms with Gasteiger partial charge in [-0.3, -0.25) is 9.59 Å². The largest absolute Gasteiger partial charge is 0.399 e. The lowest BCUT2D eigenvalue weighted by Crippen LogP contribution is -2.39. The molecular weight excluding hydrogens is 242 g/mol. The molecule has 1 aromatic carbocycles. The summed E-state index contributed by atoms with van der Waals surface area (Å²) in [5.41, 5.74) is 12.1. The first-order valence-electron chi connectivity index (χ1n) is 6.49. The molecule has 2 rings (SSSR count). The molecule has 5 heteroatoms. The second-order valence-corrected chi connectivity index (χ2v) is 5.03. The Balaban J connectivity index is 1.94. The van der Waals surface area contributed by atoms with Gasteiger partial charge in [-0.2, -0.15) is 0 Å². The topological polar surface area (TPSA) is 89.4 Å². The van der Waals surface area contributed by atoms with E-state index in [1.165, 1.54) is 0 Å². The van der Waals surface area contributed by atoms with E-state index in [9.17, 15) is 9.59 Å². The minimum absolute atomic E-state index is 0.00447. The summed E-state index contributed by atoms with van der Waals surface area (Å²) in [5.74, 6) is 0.0489. The van der Waals surface area contributed by atoms with Crippen LogP contribution in [0.3, 0.4) is 0 Å². The van der Waals surface area contributed by atoms with Crippen molar-refractivity contribution in [3.63, 3.8) is 0 Å². The molecule has 1 aliphatic rings. The number of piperidine rings is 1. The van der Waals surface area contributed by atoms with Crippen LogP contribution in [-0.2, 0) is 4.79 Å². The summed E-state index contributed by atoms with van der Waals surface area (Å²) < 4.78 is 0. The highest BCUT2D eigenvalue weighted by atomic mass is 16.2. The number of anilines is 1. The summed E-state index contributed by atoms with van der Waals surface area (Å²) in [5, 5.41) is 0. The second-order valence-electron chi connectivity index (χ2n) is 5.03. The van der Waals surface area contributed by atoms with Crippen molar-refractivity contribution in [3.8, 4) is 0 Å². The molecule has 0 radical (unpaired) electrons.